The van der Waals surface area contributed by atoms with Crippen LogP contribution in [0.25, 0.3) is 0 Å². The van der Waals surface area contributed by atoms with Crippen molar-refractivity contribution < 1.29 is 34.9 Å². The van der Waals surface area contributed by atoms with Gasteiger partial charge in [0.05, 0.1) is 11.1 Å². The lowest BCUT2D eigenvalue weighted by atomic mass is 9.70. The molecule has 0 aliphatic heterocycles. The standard InChI is InChI=1S/C32H46N2O6/c1-5-9-13-33(14-10-6-2)21-17-23(35)27(24(36)18-21)29-31(39)30(32(29)40)28-25(37)19-22(20-26(28)38)34(15-11-7-3)16-12-8-4/h17-20,27,30H,5-16H2,1-4H3,(H4,35,36,37,38,39,40)/p+1. The number of phenolic OH excluding ortho intramolecular Hbond substituents is 2. The number of aliphatic hydroxyl groups excluding tert-OH is 3. The summed E-state index contributed by atoms with van der Waals surface area (Å²) in [5.74, 6) is -4.41. The van der Waals surface area contributed by atoms with E-state index in [9.17, 15) is 30.3 Å². The molecular weight excluding hydrogens is 508 g/mol. The number of Topliss-reactive ketones (excluding diaryl/α,β-unsaturated/α-hetero) is 1. The maximum atomic E-state index is 13.3. The minimum atomic E-state index is -1.26. The van der Waals surface area contributed by atoms with Gasteiger partial charge in [0.2, 0.25) is 5.71 Å². The molecule has 0 amide bonds. The van der Waals surface area contributed by atoms with Gasteiger partial charge in [-0.25, -0.2) is 4.58 Å². The lowest BCUT2D eigenvalue weighted by Gasteiger charge is -2.34. The first-order chi connectivity index (χ1) is 19.2. The number of hydrogen-bond donors (Lipinski definition) is 5. The van der Waals surface area contributed by atoms with Crippen LogP contribution in [0, 0.1) is 5.92 Å². The predicted octanol–water partition coefficient (Wildman–Crippen LogP) is 6.55. The number of anilines is 1. The highest BCUT2D eigenvalue weighted by Crippen LogP contribution is 2.50. The van der Waals surface area contributed by atoms with Crippen molar-refractivity contribution in [2.24, 2.45) is 5.92 Å². The molecule has 1 unspecified atom stereocenters. The number of aromatic hydroxyl groups is 2. The Labute approximate surface area is 238 Å². The van der Waals surface area contributed by atoms with Crippen molar-refractivity contribution in [1.29, 1.82) is 0 Å². The summed E-state index contributed by atoms with van der Waals surface area (Å²) in [6, 6.07) is 3.05. The SMILES string of the molecule is CCCCN(CCCC)c1cc(O)c(C2C(=O)C(C3C(O)=CC(=[N+](CCCC)CCCC)C=C3O)=C2O)c(O)c1. The molecule has 2 aliphatic rings. The van der Waals surface area contributed by atoms with E-state index in [0.717, 1.165) is 77.5 Å². The quantitative estimate of drug-likeness (QED) is 0.155. The molecule has 2 aliphatic carbocycles. The number of hydrogen-bond acceptors (Lipinski definition) is 7. The summed E-state index contributed by atoms with van der Waals surface area (Å²) in [4.78, 5) is 15.4. The van der Waals surface area contributed by atoms with Crippen LogP contribution in [0.5, 0.6) is 11.5 Å². The maximum Gasteiger partial charge on any atom is 0.206 e. The van der Waals surface area contributed by atoms with Gasteiger partial charge in [-0.2, -0.15) is 0 Å². The minimum absolute atomic E-state index is 0.0683. The number of carbonyl (C=O) groups excluding carboxylic acids is 1. The molecule has 1 aromatic rings. The molecule has 0 saturated carbocycles. The van der Waals surface area contributed by atoms with Gasteiger partial charge < -0.3 is 30.4 Å². The first-order valence-electron chi connectivity index (χ1n) is 14.9. The first-order valence-corrected chi connectivity index (χ1v) is 14.9. The number of benzene rings is 1. The van der Waals surface area contributed by atoms with Crippen LogP contribution in [0.15, 0.2) is 47.1 Å². The van der Waals surface area contributed by atoms with E-state index in [-0.39, 0.29) is 39.9 Å². The summed E-state index contributed by atoms with van der Waals surface area (Å²) in [6.45, 7) is 11.5. The van der Waals surface area contributed by atoms with Crippen molar-refractivity contribution >= 4 is 17.2 Å². The van der Waals surface area contributed by atoms with Gasteiger partial charge in [0, 0.05) is 55.9 Å². The number of carbonyl (C=O) groups is 1. The Kier molecular flexibility index (Phi) is 11.1. The molecule has 1 atom stereocenters. The molecule has 0 bridgehead atoms. The second-order valence-corrected chi connectivity index (χ2v) is 10.9. The Morgan fingerprint density at radius 1 is 0.725 bits per heavy atom. The Balaban J connectivity index is 1.92. The molecular formula is C32H47N2O6+. The largest absolute Gasteiger partial charge is 0.511 e. The van der Waals surface area contributed by atoms with Crippen LogP contribution in [-0.4, -0.2) is 67.8 Å². The van der Waals surface area contributed by atoms with Crippen LogP contribution in [0.1, 0.15) is 90.5 Å². The molecule has 8 heteroatoms. The van der Waals surface area contributed by atoms with Gasteiger partial charge in [-0.1, -0.05) is 53.4 Å². The zero-order valence-electron chi connectivity index (χ0n) is 24.5. The topological polar surface area (TPSA) is 124 Å². The molecule has 0 radical (unpaired) electrons. The number of phenols is 2. The second kappa shape index (κ2) is 14.3. The number of aliphatic hydroxyl groups is 3. The Hall–Kier alpha value is -3.42. The lowest BCUT2D eigenvalue weighted by Crippen LogP contribution is -2.36. The highest BCUT2D eigenvalue weighted by atomic mass is 16.3. The summed E-state index contributed by atoms with van der Waals surface area (Å²) >= 11 is 0. The third kappa shape index (κ3) is 6.65. The third-order valence-corrected chi connectivity index (χ3v) is 7.82. The molecule has 0 heterocycles. The average Bonchev–Trinajstić information content (AvgIpc) is 2.92. The summed E-state index contributed by atoms with van der Waals surface area (Å²) in [6.07, 6.45) is 11.0. The number of rotatable bonds is 15. The van der Waals surface area contributed by atoms with Crippen LogP contribution in [0.3, 0.4) is 0 Å². The molecule has 220 valence electrons. The average molecular weight is 556 g/mol. The second-order valence-electron chi connectivity index (χ2n) is 10.9. The van der Waals surface area contributed by atoms with Crippen molar-refractivity contribution in [2.75, 3.05) is 31.1 Å². The minimum Gasteiger partial charge on any atom is -0.511 e. The van der Waals surface area contributed by atoms with Crippen LogP contribution < -0.4 is 4.90 Å². The van der Waals surface area contributed by atoms with Gasteiger partial charge in [-0.15, -0.1) is 0 Å². The molecule has 8 nitrogen and oxygen atoms in total. The van der Waals surface area contributed by atoms with Gasteiger partial charge in [-0.05, 0) is 12.8 Å². The van der Waals surface area contributed by atoms with E-state index >= 15 is 0 Å². The highest BCUT2D eigenvalue weighted by Gasteiger charge is 2.49. The van der Waals surface area contributed by atoms with Gasteiger partial charge in [-0.3, -0.25) is 4.79 Å². The van der Waals surface area contributed by atoms with Crippen LogP contribution in [-0.2, 0) is 4.79 Å². The Morgan fingerprint density at radius 2 is 1.20 bits per heavy atom. The van der Waals surface area contributed by atoms with E-state index in [0.29, 0.717) is 11.4 Å². The number of allylic oxidation sites excluding steroid dienone is 3. The zero-order chi connectivity index (χ0) is 29.4. The van der Waals surface area contributed by atoms with Crippen LogP contribution in [0.4, 0.5) is 5.69 Å². The molecule has 3 rings (SSSR count). The van der Waals surface area contributed by atoms with E-state index in [1.165, 1.54) is 12.1 Å². The van der Waals surface area contributed by atoms with Gasteiger partial charge in [0.15, 0.2) is 5.78 Å². The van der Waals surface area contributed by atoms with E-state index in [1.807, 2.05) is 0 Å². The molecule has 1 aromatic carbocycles. The van der Waals surface area contributed by atoms with Crippen molar-refractivity contribution in [3.63, 3.8) is 0 Å². The number of ketones is 1. The monoisotopic (exact) mass is 555 g/mol. The molecule has 0 spiro atoms. The summed E-state index contributed by atoms with van der Waals surface area (Å²) in [5.41, 5.74) is 1.12. The first kappa shape index (κ1) is 31.1. The third-order valence-electron chi connectivity index (χ3n) is 7.82. The Morgan fingerprint density at radius 3 is 1.62 bits per heavy atom. The maximum absolute atomic E-state index is 13.3. The van der Waals surface area contributed by atoms with Crippen LogP contribution in [0.2, 0.25) is 0 Å². The van der Waals surface area contributed by atoms with Crippen molar-refractivity contribution in [3.8, 4) is 11.5 Å². The molecule has 0 fully saturated rings. The fraction of sp³-hybridized carbons (Fsp3) is 0.562. The van der Waals surface area contributed by atoms with Crippen LogP contribution >= 0.6 is 0 Å². The predicted molar refractivity (Wildman–Crippen MR) is 159 cm³/mol. The fourth-order valence-electron chi connectivity index (χ4n) is 5.41. The number of nitrogens with zero attached hydrogens (tertiary/aromatic N) is 2. The van der Waals surface area contributed by atoms with Gasteiger partial charge in [0.1, 0.15) is 53.7 Å². The van der Waals surface area contributed by atoms with Gasteiger partial charge in [0.25, 0.3) is 0 Å². The smallest absolute Gasteiger partial charge is 0.206 e. The van der Waals surface area contributed by atoms with Crippen molar-refractivity contribution in [3.05, 3.63) is 52.7 Å². The molecule has 40 heavy (non-hydrogen) atoms. The summed E-state index contributed by atoms with van der Waals surface area (Å²) in [5, 5.41) is 54.5. The summed E-state index contributed by atoms with van der Waals surface area (Å²) < 4.78 is 2.11. The molecule has 0 saturated heterocycles. The lowest BCUT2D eigenvalue weighted by molar-refractivity contribution is -0.527. The van der Waals surface area contributed by atoms with E-state index in [1.54, 1.807) is 12.2 Å². The van der Waals surface area contributed by atoms with Gasteiger partial charge >= 0.3 is 0 Å². The van der Waals surface area contributed by atoms with Crippen molar-refractivity contribution in [1.82, 2.24) is 0 Å². The van der Waals surface area contributed by atoms with E-state index in [2.05, 4.69) is 37.2 Å². The highest BCUT2D eigenvalue weighted by molar-refractivity contribution is 6.12. The molecule has 0 aromatic heterocycles. The normalized spacial score (nSPS) is 18.9. The van der Waals surface area contributed by atoms with E-state index in [4.69, 9.17) is 0 Å². The fourth-order valence-corrected chi connectivity index (χ4v) is 5.41. The summed E-state index contributed by atoms with van der Waals surface area (Å²) in [7, 11) is 0. The molecule has 5 N–H and O–H groups in total. The van der Waals surface area contributed by atoms with E-state index < -0.39 is 17.6 Å². The Bertz CT molecular complexity index is 1130. The zero-order valence-corrected chi connectivity index (χ0v) is 24.5. The van der Waals surface area contributed by atoms with Crippen molar-refractivity contribution in [2.45, 2.75) is 85.0 Å². The number of unbranched alkanes of at least 4 members (excludes halogenated alkanes) is 4.